The lowest BCUT2D eigenvalue weighted by atomic mass is 10.1. The van der Waals surface area contributed by atoms with Gasteiger partial charge in [0.25, 0.3) is 5.91 Å². The van der Waals surface area contributed by atoms with E-state index in [1.54, 1.807) is 26.1 Å². The fourth-order valence-corrected chi connectivity index (χ4v) is 3.69. The van der Waals surface area contributed by atoms with Crippen molar-refractivity contribution in [2.75, 3.05) is 18.5 Å². The monoisotopic (exact) mass is 397 g/mol. The number of quaternary nitrogens is 1. The maximum absolute atomic E-state index is 13.8. The highest BCUT2D eigenvalue weighted by Crippen LogP contribution is 2.32. The molecule has 0 radical (unpaired) electrons. The summed E-state index contributed by atoms with van der Waals surface area (Å²) in [4.78, 5) is 25.4. The molecule has 3 N–H and O–H groups in total. The van der Waals surface area contributed by atoms with E-state index in [1.165, 1.54) is 23.5 Å². The maximum Gasteiger partial charge on any atom is 0.341 e. The SMILES string of the molecule is CCOC(=O)c1c(NC(=O)C[NH2+][C@@H](C)c2ccc(F)cc2F)sc(C)c1C. The molecule has 0 aliphatic carbocycles. The summed E-state index contributed by atoms with van der Waals surface area (Å²) in [5.41, 5.74) is 1.46. The number of nitrogens with two attached hydrogens (primary N) is 1. The molecule has 0 aliphatic rings. The van der Waals surface area contributed by atoms with Crippen molar-refractivity contribution in [2.24, 2.45) is 0 Å². The molecule has 0 fully saturated rings. The van der Waals surface area contributed by atoms with E-state index in [9.17, 15) is 18.4 Å². The van der Waals surface area contributed by atoms with Crippen LogP contribution >= 0.6 is 11.3 Å². The summed E-state index contributed by atoms with van der Waals surface area (Å²) in [6.45, 7) is 7.39. The molecule has 0 bridgehead atoms. The molecule has 2 aromatic rings. The second-order valence-electron chi connectivity index (χ2n) is 6.15. The van der Waals surface area contributed by atoms with Gasteiger partial charge in [0, 0.05) is 16.5 Å². The van der Waals surface area contributed by atoms with Crippen LogP contribution in [0.25, 0.3) is 0 Å². The quantitative estimate of drug-likeness (QED) is 0.706. The molecule has 0 aliphatic heterocycles. The highest BCUT2D eigenvalue weighted by molar-refractivity contribution is 7.16. The van der Waals surface area contributed by atoms with Gasteiger partial charge in [-0.1, -0.05) is 0 Å². The number of carbonyl (C=O) groups is 2. The molecule has 1 heterocycles. The standard InChI is InChI=1S/C19H22F2N2O3S/c1-5-26-19(25)17-10(2)12(4)27-18(17)23-16(24)9-22-11(3)14-7-6-13(20)8-15(14)21/h6-8,11,22H,5,9H2,1-4H3,(H,23,24)/p+1/t11-/m0/s1. The van der Waals surface area contributed by atoms with Gasteiger partial charge >= 0.3 is 5.97 Å². The Bertz CT molecular complexity index is 852. The van der Waals surface area contributed by atoms with Crippen molar-refractivity contribution >= 4 is 28.2 Å². The number of thiophene rings is 1. The van der Waals surface area contributed by atoms with Gasteiger partial charge in [0.1, 0.15) is 22.7 Å². The van der Waals surface area contributed by atoms with E-state index in [0.29, 0.717) is 16.1 Å². The Hall–Kier alpha value is -2.32. The summed E-state index contributed by atoms with van der Waals surface area (Å²) in [6, 6.07) is 3.01. The number of carbonyl (C=O) groups excluding carboxylic acids is 2. The first-order valence-electron chi connectivity index (χ1n) is 8.59. The van der Waals surface area contributed by atoms with Gasteiger partial charge in [-0.25, -0.2) is 13.6 Å². The van der Waals surface area contributed by atoms with Gasteiger partial charge in [-0.2, -0.15) is 0 Å². The zero-order valence-corrected chi connectivity index (χ0v) is 16.5. The first kappa shape index (κ1) is 21.0. The van der Waals surface area contributed by atoms with Crippen LogP contribution in [0.3, 0.4) is 0 Å². The molecule has 5 nitrogen and oxygen atoms in total. The Kier molecular flexibility index (Phi) is 7.04. The summed E-state index contributed by atoms with van der Waals surface area (Å²) in [6.07, 6.45) is 0. The van der Waals surface area contributed by atoms with Crippen molar-refractivity contribution < 1.29 is 28.4 Å². The van der Waals surface area contributed by atoms with E-state index in [2.05, 4.69) is 5.32 Å². The van der Waals surface area contributed by atoms with Crippen molar-refractivity contribution in [1.82, 2.24) is 0 Å². The van der Waals surface area contributed by atoms with E-state index in [1.807, 2.05) is 6.92 Å². The number of esters is 1. The highest BCUT2D eigenvalue weighted by Gasteiger charge is 2.23. The summed E-state index contributed by atoms with van der Waals surface area (Å²) in [5, 5.41) is 4.82. The van der Waals surface area contributed by atoms with Crippen LogP contribution in [-0.2, 0) is 9.53 Å². The van der Waals surface area contributed by atoms with Crippen LogP contribution in [0.5, 0.6) is 0 Å². The Balaban J connectivity index is 2.04. The second kappa shape index (κ2) is 9.05. The molecule has 0 spiro atoms. The van der Waals surface area contributed by atoms with E-state index < -0.39 is 17.6 Å². The minimum Gasteiger partial charge on any atom is -0.462 e. The number of anilines is 1. The van der Waals surface area contributed by atoms with Crippen LogP contribution in [-0.4, -0.2) is 25.0 Å². The van der Waals surface area contributed by atoms with Gasteiger partial charge in [-0.05, 0) is 45.4 Å². The normalized spacial score (nSPS) is 11.9. The third-order valence-corrected chi connectivity index (χ3v) is 5.35. The zero-order valence-electron chi connectivity index (χ0n) is 15.7. The van der Waals surface area contributed by atoms with E-state index >= 15 is 0 Å². The number of rotatable bonds is 7. The number of ether oxygens (including phenoxy) is 1. The molecule has 1 atom stereocenters. The topological polar surface area (TPSA) is 72.0 Å². The fourth-order valence-electron chi connectivity index (χ4n) is 2.62. The minimum atomic E-state index is -0.645. The third-order valence-electron chi connectivity index (χ3n) is 4.23. The lowest BCUT2D eigenvalue weighted by molar-refractivity contribution is -0.682. The van der Waals surface area contributed by atoms with Crippen molar-refractivity contribution in [3.8, 4) is 0 Å². The predicted octanol–water partition coefficient (Wildman–Crippen LogP) is 3.08. The van der Waals surface area contributed by atoms with Crippen LogP contribution in [0.2, 0.25) is 0 Å². The molecule has 8 heteroatoms. The number of hydrogen-bond donors (Lipinski definition) is 2. The van der Waals surface area contributed by atoms with Crippen molar-refractivity contribution in [1.29, 1.82) is 0 Å². The van der Waals surface area contributed by atoms with Gasteiger partial charge in [0.15, 0.2) is 6.54 Å². The summed E-state index contributed by atoms with van der Waals surface area (Å²) in [7, 11) is 0. The lowest BCUT2D eigenvalue weighted by Crippen LogP contribution is -2.86. The molecule has 1 amide bonds. The Morgan fingerprint density at radius 1 is 1.30 bits per heavy atom. The highest BCUT2D eigenvalue weighted by atomic mass is 32.1. The number of amides is 1. The van der Waals surface area contributed by atoms with Crippen LogP contribution in [0.4, 0.5) is 13.8 Å². The minimum absolute atomic E-state index is 0.0241. The first-order chi connectivity index (χ1) is 12.7. The Labute approximate surface area is 160 Å². The molecule has 0 saturated carbocycles. The van der Waals surface area contributed by atoms with Crippen molar-refractivity contribution in [3.63, 3.8) is 0 Å². The predicted molar refractivity (Wildman–Crippen MR) is 99.9 cm³/mol. The van der Waals surface area contributed by atoms with Crippen LogP contribution < -0.4 is 10.6 Å². The third kappa shape index (κ3) is 5.11. The molecule has 0 saturated heterocycles. The summed E-state index contributed by atoms with van der Waals surface area (Å²) in [5.74, 6) is -2.08. The summed E-state index contributed by atoms with van der Waals surface area (Å²) < 4.78 is 31.9. The van der Waals surface area contributed by atoms with Crippen molar-refractivity contribution in [2.45, 2.75) is 33.7 Å². The molecular formula is C19H23F2N2O3S+. The lowest BCUT2D eigenvalue weighted by Gasteiger charge is -2.12. The molecule has 2 rings (SSSR count). The van der Waals surface area contributed by atoms with Crippen molar-refractivity contribution in [3.05, 3.63) is 51.4 Å². The molecule has 0 unspecified atom stereocenters. The van der Waals surface area contributed by atoms with Gasteiger partial charge in [0.05, 0.1) is 12.2 Å². The molecule has 146 valence electrons. The molecular weight excluding hydrogens is 374 g/mol. The van der Waals surface area contributed by atoms with E-state index in [-0.39, 0.29) is 25.1 Å². The maximum atomic E-state index is 13.8. The Morgan fingerprint density at radius 2 is 2.00 bits per heavy atom. The Morgan fingerprint density at radius 3 is 2.63 bits per heavy atom. The molecule has 27 heavy (non-hydrogen) atoms. The number of benzene rings is 1. The number of aryl methyl sites for hydroxylation is 1. The fraction of sp³-hybridized carbons (Fsp3) is 0.368. The number of hydrogen-bond acceptors (Lipinski definition) is 4. The average Bonchev–Trinajstić information content (AvgIpc) is 2.86. The van der Waals surface area contributed by atoms with Crippen LogP contribution in [0.15, 0.2) is 18.2 Å². The second-order valence-corrected chi connectivity index (χ2v) is 7.38. The van der Waals surface area contributed by atoms with E-state index in [0.717, 1.165) is 16.5 Å². The molecule has 1 aromatic heterocycles. The number of halogens is 2. The van der Waals surface area contributed by atoms with Gasteiger partial charge in [-0.15, -0.1) is 11.3 Å². The van der Waals surface area contributed by atoms with Crippen LogP contribution in [0.1, 0.15) is 46.3 Å². The van der Waals surface area contributed by atoms with E-state index in [4.69, 9.17) is 4.74 Å². The zero-order chi connectivity index (χ0) is 20.1. The van der Waals surface area contributed by atoms with Gasteiger partial charge in [-0.3, -0.25) is 4.79 Å². The van der Waals surface area contributed by atoms with Gasteiger partial charge in [0.2, 0.25) is 0 Å². The van der Waals surface area contributed by atoms with Gasteiger partial charge < -0.3 is 15.4 Å². The largest absolute Gasteiger partial charge is 0.462 e. The summed E-state index contributed by atoms with van der Waals surface area (Å²) >= 11 is 1.31. The molecule has 1 aromatic carbocycles. The number of nitrogens with one attached hydrogen (secondary N) is 1. The van der Waals surface area contributed by atoms with Crippen LogP contribution in [0, 0.1) is 25.5 Å². The first-order valence-corrected chi connectivity index (χ1v) is 9.41. The smallest absolute Gasteiger partial charge is 0.341 e. The average molecular weight is 397 g/mol.